The van der Waals surface area contributed by atoms with Crippen LogP contribution in [0.3, 0.4) is 0 Å². The number of nitrogens with zero attached hydrogens (tertiary/aromatic N) is 2. The number of halogens is 2. The number of rotatable bonds is 11. The number of phenolic OH excluding ortho intramolecular Hbond substituents is 2. The number of β-amino-alcohol motifs (C(OH)–C–C–N with tert-alkyl or cyclic N) is 1. The second kappa shape index (κ2) is 15.0. The summed E-state index contributed by atoms with van der Waals surface area (Å²) in [4.78, 5) is 4.53. The van der Waals surface area contributed by atoms with Crippen molar-refractivity contribution < 1.29 is 20.1 Å². The Kier molecular flexibility index (Phi) is 14.5. The van der Waals surface area contributed by atoms with Gasteiger partial charge in [0.15, 0.2) is 11.5 Å². The molecule has 0 radical (unpaired) electrons. The van der Waals surface area contributed by atoms with Crippen LogP contribution in [0.1, 0.15) is 44.6 Å². The Hall–Kier alpha value is -0.920. The van der Waals surface area contributed by atoms with Crippen molar-refractivity contribution in [2.24, 2.45) is 0 Å². The van der Waals surface area contributed by atoms with Crippen molar-refractivity contribution in [1.82, 2.24) is 9.80 Å². The molecule has 1 aromatic carbocycles. The molecule has 8 heteroatoms. The van der Waals surface area contributed by atoms with Gasteiger partial charge in [-0.15, -0.1) is 24.8 Å². The summed E-state index contributed by atoms with van der Waals surface area (Å²) in [6.07, 6.45) is 5.68. The molecule has 6 nitrogen and oxygen atoms in total. The molecule has 0 spiro atoms. The molecule has 0 aromatic heterocycles. The lowest BCUT2D eigenvalue weighted by Gasteiger charge is -2.34. The van der Waals surface area contributed by atoms with Gasteiger partial charge in [-0.2, -0.15) is 0 Å². The van der Waals surface area contributed by atoms with Crippen molar-refractivity contribution >= 4 is 24.8 Å². The van der Waals surface area contributed by atoms with E-state index >= 15 is 0 Å². The van der Waals surface area contributed by atoms with E-state index in [-0.39, 0.29) is 48.7 Å². The molecule has 3 N–H and O–H groups in total. The molecule has 0 atom stereocenters. The minimum atomic E-state index is 0. The third kappa shape index (κ3) is 9.05. The number of aromatic hydroxyl groups is 2. The predicted molar refractivity (Wildman–Crippen MR) is 117 cm³/mol. The summed E-state index contributed by atoms with van der Waals surface area (Å²) in [6.45, 7) is 7.98. The average molecular weight is 439 g/mol. The van der Waals surface area contributed by atoms with E-state index in [1.807, 2.05) is 0 Å². The van der Waals surface area contributed by atoms with Crippen molar-refractivity contribution in [3.05, 3.63) is 17.7 Å². The lowest BCUT2D eigenvalue weighted by atomic mass is 10.1. The van der Waals surface area contributed by atoms with Gasteiger partial charge in [0.1, 0.15) is 0 Å². The standard InChI is InChI=1S/C20H34N2O4.2ClH/c1-2-3-4-5-6-13-26-20-18(24)14-17(15-19(20)25)16-22-9-7-21(8-10-22)11-12-23;;/h14-15,23-25H,2-13,16H2,1H3;2*1H. The summed E-state index contributed by atoms with van der Waals surface area (Å²) < 4.78 is 5.59. The maximum atomic E-state index is 10.2. The number of aliphatic hydroxyl groups excluding tert-OH is 1. The van der Waals surface area contributed by atoms with Crippen LogP contribution in [0.25, 0.3) is 0 Å². The van der Waals surface area contributed by atoms with Gasteiger partial charge in [-0.3, -0.25) is 9.80 Å². The third-order valence-corrected chi connectivity index (χ3v) is 4.89. The van der Waals surface area contributed by atoms with Gasteiger partial charge >= 0.3 is 0 Å². The molecule has 0 aliphatic carbocycles. The van der Waals surface area contributed by atoms with Gasteiger partial charge in [0.05, 0.1) is 13.2 Å². The summed E-state index contributed by atoms with van der Waals surface area (Å²) in [5.74, 6) is 0.206. The van der Waals surface area contributed by atoms with Crippen molar-refractivity contribution in [2.75, 3.05) is 45.9 Å². The van der Waals surface area contributed by atoms with Crippen LogP contribution in [0.4, 0.5) is 0 Å². The van der Waals surface area contributed by atoms with Gasteiger partial charge in [0.25, 0.3) is 0 Å². The number of hydrogen-bond donors (Lipinski definition) is 3. The molecular formula is C20H36Cl2N2O4. The summed E-state index contributed by atoms with van der Waals surface area (Å²) in [5.41, 5.74) is 0.880. The maximum absolute atomic E-state index is 10.2. The first-order valence-electron chi connectivity index (χ1n) is 9.87. The zero-order valence-corrected chi connectivity index (χ0v) is 18.4. The fraction of sp³-hybridized carbons (Fsp3) is 0.700. The second-order valence-electron chi connectivity index (χ2n) is 7.07. The van der Waals surface area contributed by atoms with E-state index in [1.165, 1.54) is 19.3 Å². The largest absolute Gasteiger partial charge is 0.504 e. The smallest absolute Gasteiger partial charge is 0.203 e. The number of aliphatic hydroxyl groups is 1. The molecule has 0 saturated carbocycles. The topological polar surface area (TPSA) is 76.4 Å². The Balaban J connectivity index is 0.00000364. The summed E-state index contributed by atoms with van der Waals surface area (Å²) >= 11 is 0. The second-order valence-corrected chi connectivity index (χ2v) is 7.07. The molecule has 1 aromatic rings. The lowest BCUT2D eigenvalue weighted by molar-refractivity contribution is 0.108. The van der Waals surface area contributed by atoms with Crippen LogP contribution in [0, 0.1) is 0 Å². The number of hydrogen-bond acceptors (Lipinski definition) is 6. The fourth-order valence-corrected chi connectivity index (χ4v) is 3.34. The number of unbranched alkanes of at least 4 members (excludes halogenated alkanes) is 4. The normalized spacial score (nSPS) is 14.9. The van der Waals surface area contributed by atoms with Crippen LogP contribution in [0.5, 0.6) is 17.2 Å². The monoisotopic (exact) mass is 438 g/mol. The first kappa shape index (κ1) is 27.1. The molecule has 1 saturated heterocycles. The number of benzene rings is 1. The zero-order valence-electron chi connectivity index (χ0n) is 16.8. The molecule has 0 bridgehead atoms. The molecule has 1 aliphatic rings. The van der Waals surface area contributed by atoms with Gasteiger partial charge in [0.2, 0.25) is 5.75 Å². The highest BCUT2D eigenvalue weighted by Gasteiger charge is 2.18. The molecule has 2 rings (SSSR count). The minimum absolute atomic E-state index is 0. The lowest BCUT2D eigenvalue weighted by Crippen LogP contribution is -2.46. The molecule has 28 heavy (non-hydrogen) atoms. The Bertz CT molecular complexity index is 518. The predicted octanol–water partition coefficient (Wildman–Crippen LogP) is 3.40. The zero-order chi connectivity index (χ0) is 18.8. The summed E-state index contributed by atoms with van der Waals surface area (Å²) in [5, 5.41) is 29.4. The SMILES string of the molecule is CCCCCCCOc1c(O)cc(CN2CCN(CCO)CC2)cc1O.Cl.Cl. The van der Waals surface area contributed by atoms with Crippen molar-refractivity contribution in [3.63, 3.8) is 0 Å². The number of piperazine rings is 1. The van der Waals surface area contributed by atoms with Crippen LogP contribution >= 0.6 is 24.8 Å². The molecule has 1 fully saturated rings. The maximum Gasteiger partial charge on any atom is 0.203 e. The number of phenols is 2. The van der Waals surface area contributed by atoms with Crippen LogP contribution in [-0.4, -0.2) is 71.1 Å². The van der Waals surface area contributed by atoms with Crippen molar-refractivity contribution in [1.29, 1.82) is 0 Å². The van der Waals surface area contributed by atoms with Crippen LogP contribution in [-0.2, 0) is 6.54 Å². The first-order valence-corrected chi connectivity index (χ1v) is 9.87. The van der Waals surface area contributed by atoms with Crippen molar-refractivity contribution in [2.45, 2.75) is 45.6 Å². The van der Waals surface area contributed by atoms with Gasteiger partial charge in [-0.05, 0) is 24.1 Å². The molecule has 1 aliphatic heterocycles. The van der Waals surface area contributed by atoms with Crippen LogP contribution < -0.4 is 4.74 Å². The summed E-state index contributed by atoms with van der Waals surface area (Å²) in [7, 11) is 0. The van der Waals surface area contributed by atoms with Crippen LogP contribution in [0.2, 0.25) is 0 Å². The summed E-state index contributed by atoms with van der Waals surface area (Å²) in [6, 6.07) is 3.37. The van der Waals surface area contributed by atoms with E-state index in [4.69, 9.17) is 9.84 Å². The van der Waals surface area contributed by atoms with Gasteiger partial charge in [-0.1, -0.05) is 32.6 Å². The van der Waals surface area contributed by atoms with E-state index in [1.54, 1.807) is 12.1 Å². The van der Waals surface area contributed by atoms with E-state index in [0.29, 0.717) is 13.2 Å². The fourth-order valence-electron chi connectivity index (χ4n) is 3.34. The Morgan fingerprint density at radius 1 is 0.893 bits per heavy atom. The molecule has 0 unspecified atom stereocenters. The highest BCUT2D eigenvalue weighted by molar-refractivity contribution is 5.85. The molecule has 164 valence electrons. The Morgan fingerprint density at radius 3 is 2.04 bits per heavy atom. The number of ether oxygens (including phenoxy) is 1. The van der Waals surface area contributed by atoms with E-state index in [2.05, 4.69) is 16.7 Å². The quantitative estimate of drug-likeness (QED) is 0.459. The minimum Gasteiger partial charge on any atom is -0.504 e. The van der Waals surface area contributed by atoms with E-state index < -0.39 is 0 Å². The molecule has 1 heterocycles. The first-order chi connectivity index (χ1) is 12.6. The van der Waals surface area contributed by atoms with Gasteiger partial charge < -0.3 is 20.1 Å². The van der Waals surface area contributed by atoms with Gasteiger partial charge in [-0.25, -0.2) is 0 Å². The highest BCUT2D eigenvalue weighted by atomic mass is 35.5. The molecule has 0 amide bonds. The van der Waals surface area contributed by atoms with E-state index in [9.17, 15) is 10.2 Å². The van der Waals surface area contributed by atoms with Gasteiger partial charge in [0, 0.05) is 39.3 Å². The van der Waals surface area contributed by atoms with E-state index in [0.717, 1.165) is 51.1 Å². The van der Waals surface area contributed by atoms with Crippen LogP contribution in [0.15, 0.2) is 12.1 Å². The molecular weight excluding hydrogens is 403 g/mol. The van der Waals surface area contributed by atoms with Crippen molar-refractivity contribution in [3.8, 4) is 17.2 Å². The Labute approximate surface area is 181 Å². The highest BCUT2D eigenvalue weighted by Crippen LogP contribution is 2.37. The average Bonchev–Trinajstić information content (AvgIpc) is 2.62. The Morgan fingerprint density at radius 2 is 1.46 bits per heavy atom. The third-order valence-electron chi connectivity index (χ3n) is 4.89.